The third-order valence-corrected chi connectivity index (χ3v) is 4.53. The molecule has 0 unspecified atom stereocenters. The molecule has 8 heteroatoms. The highest BCUT2D eigenvalue weighted by atomic mass is 16.6. The molecule has 120 valence electrons. The van der Waals surface area contributed by atoms with E-state index in [-0.39, 0.29) is 12.0 Å². The van der Waals surface area contributed by atoms with Crippen LogP contribution in [-0.4, -0.2) is 69.5 Å². The van der Waals surface area contributed by atoms with Gasteiger partial charge in [-0.1, -0.05) is 0 Å². The zero-order valence-corrected chi connectivity index (χ0v) is 12.8. The number of ether oxygens (including phenoxy) is 1. The molecule has 0 aliphatic carbocycles. The molecular weight excluding hydrogens is 298 g/mol. The smallest absolute Gasteiger partial charge is 0.410 e. The second-order valence-corrected chi connectivity index (χ2v) is 6.26. The van der Waals surface area contributed by atoms with Crippen LogP contribution in [-0.2, 0) is 4.74 Å². The van der Waals surface area contributed by atoms with E-state index in [4.69, 9.17) is 4.74 Å². The molecule has 1 spiro atoms. The van der Waals surface area contributed by atoms with E-state index in [2.05, 4.69) is 15.4 Å². The van der Waals surface area contributed by atoms with Crippen LogP contribution < -0.4 is 0 Å². The first-order chi connectivity index (χ1) is 11.1. The number of likely N-dealkylation sites (tertiary alicyclic amines) is 1. The average molecular weight is 315 g/mol. The summed E-state index contributed by atoms with van der Waals surface area (Å²) in [6, 6.07) is 5.26. The first-order valence-corrected chi connectivity index (χ1v) is 7.60. The number of H-pyrrole nitrogens is 1. The van der Waals surface area contributed by atoms with Crippen LogP contribution in [0.3, 0.4) is 0 Å². The van der Waals surface area contributed by atoms with Crippen molar-refractivity contribution >= 4 is 23.0 Å². The molecule has 0 radical (unpaired) electrons. The molecule has 1 atom stereocenters. The highest BCUT2D eigenvalue weighted by Gasteiger charge is 2.47. The number of fused-ring (bicyclic) bond motifs is 1. The Balaban J connectivity index is 1.57. The number of piperidine rings is 1. The van der Waals surface area contributed by atoms with E-state index in [1.54, 1.807) is 35.0 Å². The Bertz CT molecular complexity index is 788. The molecule has 1 N–H and O–H groups in total. The van der Waals surface area contributed by atoms with Gasteiger partial charge < -0.3 is 14.5 Å². The van der Waals surface area contributed by atoms with Crippen LogP contribution >= 0.6 is 0 Å². The van der Waals surface area contributed by atoms with Crippen LogP contribution in [0.4, 0.5) is 4.79 Å². The lowest BCUT2D eigenvalue weighted by Crippen LogP contribution is -2.52. The van der Waals surface area contributed by atoms with Gasteiger partial charge in [0.15, 0.2) is 0 Å². The number of aromatic amines is 1. The van der Waals surface area contributed by atoms with Crippen molar-refractivity contribution in [2.24, 2.45) is 0 Å². The molecule has 2 aliphatic heterocycles. The van der Waals surface area contributed by atoms with Crippen molar-refractivity contribution < 1.29 is 14.3 Å². The van der Waals surface area contributed by atoms with Crippen molar-refractivity contribution in [3.8, 4) is 0 Å². The molecule has 1 aromatic carbocycles. The van der Waals surface area contributed by atoms with E-state index in [0.29, 0.717) is 30.7 Å². The summed E-state index contributed by atoms with van der Waals surface area (Å²) in [5, 5.41) is 10.5. The number of hydrogen-bond acceptors (Lipinski definition) is 5. The number of carbonyl (C=O) groups is 2. The lowest BCUT2D eigenvalue weighted by molar-refractivity contribution is -0.00520. The van der Waals surface area contributed by atoms with E-state index in [0.717, 1.165) is 18.4 Å². The number of aromatic nitrogens is 3. The van der Waals surface area contributed by atoms with Crippen molar-refractivity contribution in [1.29, 1.82) is 0 Å². The topological polar surface area (TPSA) is 91.4 Å². The minimum Gasteiger partial charge on any atom is -0.439 e. The van der Waals surface area contributed by atoms with Gasteiger partial charge in [0.2, 0.25) is 0 Å². The van der Waals surface area contributed by atoms with Crippen LogP contribution in [0.25, 0.3) is 11.0 Å². The first-order valence-electron chi connectivity index (χ1n) is 7.60. The highest BCUT2D eigenvalue weighted by molar-refractivity contribution is 5.97. The normalized spacial score (nSPS) is 24.5. The molecule has 3 heterocycles. The van der Waals surface area contributed by atoms with Crippen molar-refractivity contribution in [1.82, 2.24) is 25.2 Å². The number of benzene rings is 1. The summed E-state index contributed by atoms with van der Waals surface area (Å²) in [4.78, 5) is 27.8. The van der Waals surface area contributed by atoms with E-state index in [1.807, 2.05) is 0 Å². The van der Waals surface area contributed by atoms with Crippen molar-refractivity contribution in [2.75, 3.05) is 26.7 Å². The van der Waals surface area contributed by atoms with Crippen molar-refractivity contribution in [2.45, 2.75) is 18.4 Å². The first kappa shape index (κ1) is 14.0. The maximum atomic E-state index is 12.8. The van der Waals surface area contributed by atoms with Gasteiger partial charge in [0.25, 0.3) is 5.91 Å². The average Bonchev–Trinajstić information content (AvgIpc) is 3.11. The monoisotopic (exact) mass is 315 g/mol. The number of amides is 2. The van der Waals surface area contributed by atoms with Gasteiger partial charge in [-0.3, -0.25) is 4.79 Å². The number of hydrogen-bond donors (Lipinski definition) is 1. The van der Waals surface area contributed by atoms with Gasteiger partial charge in [0, 0.05) is 19.2 Å². The summed E-state index contributed by atoms with van der Waals surface area (Å²) in [5.74, 6) is -0.0698. The molecule has 2 saturated heterocycles. The number of carbonyl (C=O) groups excluding carboxylic acids is 2. The summed E-state index contributed by atoms with van der Waals surface area (Å²) in [6.45, 7) is 1.62. The summed E-state index contributed by atoms with van der Waals surface area (Å²) in [5.41, 5.74) is 1.39. The molecule has 8 nitrogen and oxygen atoms in total. The molecule has 2 aromatic rings. The van der Waals surface area contributed by atoms with Crippen molar-refractivity contribution in [3.05, 3.63) is 23.8 Å². The zero-order chi connectivity index (χ0) is 16.0. The largest absolute Gasteiger partial charge is 0.439 e. The van der Waals surface area contributed by atoms with Crippen LogP contribution in [0.5, 0.6) is 0 Å². The van der Waals surface area contributed by atoms with E-state index in [1.165, 1.54) is 0 Å². The summed E-state index contributed by atoms with van der Waals surface area (Å²) < 4.78 is 5.54. The summed E-state index contributed by atoms with van der Waals surface area (Å²) in [7, 11) is 1.72. The van der Waals surface area contributed by atoms with Gasteiger partial charge in [-0.15, -0.1) is 0 Å². The van der Waals surface area contributed by atoms with Crippen LogP contribution in [0.1, 0.15) is 23.2 Å². The highest BCUT2D eigenvalue weighted by Crippen LogP contribution is 2.32. The molecular formula is C15H17N5O3. The fraction of sp³-hybridized carbons (Fsp3) is 0.467. The van der Waals surface area contributed by atoms with Gasteiger partial charge >= 0.3 is 6.09 Å². The standard InChI is InChI=1S/C15H17N5O3/c1-19-8-15(23-14(19)22)5-2-6-20(9-15)13(21)10-3-4-11-12(7-10)17-18-16-11/h3-4,7H,2,5-6,8-9H2,1H3,(H,16,17,18)/t15-/m1/s1. The Hall–Kier alpha value is -2.64. The van der Waals surface area contributed by atoms with Gasteiger partial charge in [-0.05, 0) is 31.0 Å². The quantitative estimate of drug-likeness (QED) is 0.848. The second kappa shape index (κ2) is 4.94. The third kappa shape index (κ3) is 2.30. The Morgan fingerprint density at radius 3 is 2.91 bits per heavy atom. The van der Waals surface area contributed by atoms with Gasteiger partial charge in [-0.2, -0.15) is 15.4 Å². The summed E-state index contributed by atoms with van der Waals surface area (Å²) >= 11 is 0. The van der Waals surface area contributed by atoms with Gasteiger partial charge in [0.05, 0.1) is 13.1 Å². The predicted molar refractivity (Wildman–Crippen MR) is 80.9 cm³/mol. The fourth-order valence-electron chi connectivity index (χ4n) is 3.43. The lowest BCUT2D eigenvalue weighted by Gasteiger charge is -2.38. The molecule has 2 aliphatic rings. The summed E-state index contributed by atoms with van der Waals surface area (Å²) in [6.07, 6.45) is 1.29. The Morgan fingerprint density at radius 1 is 1.30 bits per heavy atom. The van der Waals surface area contributed by atoms with Crippen LogP contribution in [0.2, 0.25) is 0 Å². The number of rotatable bonds is 1. The number of nitrogens with zero attached hydrogens (tertiary/aromatic N) is 4. The SMILES string of the molecule is CN1C[C@@]2(CCCN(C(=O)c3ccc4n[nH]nc4c3)C2)OC1=O. The number of likely N-dealkylation sites (N-methyl/N-ethyl adjacent to an activating group) is 1. The molecule has 0 saturated carbocycles. The van der Waals surface area contributed by atoms with Gasteiger partial charge in [-0.25, -0.2) is 4.79 Å². The minimum absolute atomic E-state index is 0.0698. The van der Waals surface area contributed by atoms with Gasteiger partial charge in [0.1, 0.15) is 16.6 Å². The minimum atomic E-state index is -0.572. The number of nitrogens with one attached hydrogen (secondary N) is 1. The molecule has 23 heavy (non-hydrogen) atoms. The molecule has 4 rings (SSSR count). The Labute approximate surface area is 132 Å². The molecule has 0 bridgehead atoms. The zero-order valence-electron chi connectivity index (χ0n) is 12.8. The Morgan fingerprint density at radius 2 is 2.13 bits per heavy atom. The lowest BCUT2D eigenvalue weighted by atomic mass is 9.92. The third-order valence-electron chi connectivity index (χ3n) is 4.53. The molecule has 2 amide bonds. The fourth-order valence-corrected chi connectivity index (χ4v) is 3.43. The molecule has 2 fully saturated rings. The second-order valence-electron chi connectivity index (χ2n) is 6.26. The Kier molecular flexibility index (Phi) is 3.00. The van der Waals surface area contributed by atoms with E-state index in [9.17, 15) is 9.59 Å². The van der Waals surface area contributed by atoms with Crippen molar-refractivity contribution in [3.63, 3.8) is 0 Å². The van der Waals surface area contributed by atoms with E-state index >= 15 is 0 Å². The van der Waals surface area contributed by atoms with Crippen LogP contribution in [0, 0.1) is 0 Å². The maximum Gasteiger partial charge on any atom is 0.410 e. The maximum absolute atomic E-state index is 12.8. The predicted octanol–water partition coefficient (Wildman–Crippen LogP) is 1.01. The van der Waals surface area contributed by atoms with E-state index < -0.39 is 5.60 Å². The van der Waals surface area contributed by atoms with Crippen LogP contribution in [0.15, 0.2) is 18.2 Å². The molecule has 1 aromatic heterocycles.